The minimum Gasteiger partial charge on any atom is -0.454 e. The number of halogens is 1. The number of para-hydroxylation sites is 1. The van der Waals surface area contributed by atoms with E-state index in [4.69, 9.17) is 16.0 Å². The van der Waals surface area contributed by atoms with Crippen LogP contribution in [0.4, 0.5) is 16.6 Å². The molecule has 0 spiro atoms. The van der Waals surface area contributed by atoms with E-state index in [2.05, 4.69) is 25.5 Å². The number of nitrogens with zero attached hydrogens (tertiary/aromatic N) is 3. The molecule has 0 aliphatic carbocycles. The van der Waals surface area contributed by atoms with Crippen LogP contribution in [0.5, 0.6) is 0 Å². The van der Waals surface area contributed by atoms with Crippen molar-refractivity contribution in [3.05, 3.63) is 65.0 Å². The average molecular weight is 484 g/mol. The summed E-state index contributed by atoms with van der Waals surface area (Å²) in [7, 11) is 0. The molecule has 1 fully saturated rings. The number of aromatic nitrogens is 2. The topological polar surface area (TPSA) is 104 Å². The van der Waals surface area contributed by atoms with Crippen molar-refractivity contribution in [2.45, 2.75) is 19.1 Å². The number of anilines is 3. The fourth-order valence-corrected chi connectivity index (χ4v) is 4.79. The quantitative estimate of drug-likeness (QED) is 0.335. The number of nitrogens with one attached hydrogen (secondary N) is 2. The highest BCUT2D eigenvalue weighted by Crippen LogP contribution is 2.36. The lowest BCUT2D eigenvalue weighted by Crippen LogP contribution is -2.38. The second kappa shape index (κ2) is 9.38. The molecule has 10 heteroatoms. The number of amides is 1. The van der Waals surface area contributed by atoms with E-state index in [9.17, 15) is 9.90 Å². The Kier molecular flexibility index (Phi) is 6.17. The number of rotatable bonds is 6. The number of hydrogen-bond donors (Lipinski definition) is 3. The van der Waals surface area contributed by atoms with Crippen molar-refractivity contribution in [1.82, 2.24) is 9.97 Å². The number of fused-ring (bicyclic) bond motifs is 1. The van der Waals surface area contributed by atoms with Gasteiger partial charge in [-0.05, 0) is 37.1 Å². The maximum atomic E-state index is 13.2. The number of aliphatic hydroxyl groups excluding tert-OH is 1. The minimum atomic E-state index is -1.21. The summed E-state index contributed by atoms with van der Waals surface area (Å²) in [5, 5.41) is 20.9. The highest BCUT2D eigenvalue weighted by atomic mass is 35.5. The van der Waals surface area contributed by atoms with Crippen molar-refractivity contribution >= 4 is 56.5 Å². The van der Waals surface area contributed by atoms with Crippen LogP contribution >= 0.6 is 22.9 Å². The van der Waals surface area contributed by atoms with Crippen molar-refractivity contribution in [2.24, 2.45) is 5.92 Å². The van der Waals surface area contributed by atoms with Gasteiger partial charge in [-0.15, -0.1) is 11.3 Å². The smallest absolute Gasteiger partial charge is 0.227 e. The van der Waals surface area contributed by atoms with Gasteiger partial charge in [-0.1, -0.05) is 23.7 Å². The van der Waals surface area contributed by atoms with Crippen molar-refractivity contribution in [3.8, 4) is 0 Å². The van der Waals surface area contributed by atoms with Crippen molar-refractivity contribution in [3.63, 3.8) is 0 Å². The number of aliphatic hydroxyl groups is 1. The third kappa shape index (κ3) is 4.66. The summed E-state index contributed by atoms with van der Waals surface area (Å²) in [5.74, 6) is 0.435. The molecule has 4 heterocycles. The van der Waals surface area contributed by atoms with Crippen LogP contribution < -0.4 is 15.5 Å². The van der Waals surface area contributed by atoms with Gasteiger partial charge in [0.2, 0.25) is 5.91 Å². The van der Waals surface area contributed by atoms with E-state index in [1.54, 1.807) is 35.7 Å². The zero-order valence-electron chi connectivity index (χ0n) is 17.6. The second-order valence-corrected chi connectivity index (χ2v) is 9.12. The van der Waals surface area contributed by atoms with E-state index >= 15 is 0 Å². The summed E-state index contributed by atoms with van der Waals surface area (Å²) in [6.45, 7) is 1.55. The van der Waals surface area contributed by atoms with Crippen molar-refractivity contribution in [1.29, 1.82) is 0 Å². The fourth-order valence-electron chi connectivity index (χ4n) is 3.98. The number of thiazole rings is 1. The second-order valence-electron chi connectivity index (χ2n) is 7.81. The third-order valence-electron chi connectivity index (χ3n) is 5.69. The molecule has 0 bridgehead atoms. The molecule has 0 radical (unpaired) electrons. The lowest BCUT2D eigenvalue weighted by atomic mass is 9.96. The molecule has 1 atom stereocenters. The molecule has 3 aromatic heterocycles. The highest BCUT2D eigenvalue weighted by Gasteiger charge is 2.29. The van der Waals surface area contributed by atoms with Gasteiger partial charge in [0.05, 0.1) is 10.7 Å². The van der Waals surface area contributed by atoms with Gasteiger partial charge in [0.1, 0.15) is 11.4 Å². The summed E-state index contributed by atoms with van der Waals surface area (Å²) >= 11 is 7.49. The molecular weight excluding hydrogens is 462 g/mol. The lowest BCUT2D eigenvalue weighted by Gasteiger charge is -2.31. The molecule has 8 nitrogen and oxygen atoms in total. The maximum absolute atomic E-state index is 13.2. The summed E-state index contributed by atoms with van der Waals surface area (Å²) in [5.41, 5.74) is 1.04. The van der Waals surface area contributed by atoms with Crippen LogP contribution in [-0.2, 0) is 4.79 Å². The first-order valence-electron chi connectivity index (χ1n) is 10.6. The number of pyridine rings is 1. The first kappa shape index (κ1) is 21.7. The van der Waals surface area contributed by atoms with Crippen LogP contribution in [0, 0.1) is 5.92 Å². The predicted octanol–water partition coefficient (Wildman–Crippen LogP) is 4.90. The number of furan rings is 1. The molecule has 1 aliphatic rings. The number of hydrogen-bond acceptors (Lipinski definition) is 8. The van der Waals surface area contributed by atoms with Gasteiger partial charge < -0.3 is 25.1 Å². The fraction of sp³-hybridized carbons (Fsp3) is 0.261. The molecule has 1 aromatic carbocycles. The normalized spacial score (nSPS) is 15.5. The van der Waals surface area contributed by atoms with Gasteiger partial charge in [-0.3, -0.25) is 4.79 Å². The average Bonchev–Trinajstić information content (AvgIpc) is 3.50. The molecule has 1 amide bonds. The molecule has 33 heavy (non-hydrogen) atoms. The molecule has 1 aliphatic heterocycles. The van der Waals surface area contributed by atoms with E-state index in [1.165, 1.54) is 6.20 Å². The minimum absolute atomic E-state index is 0.0848. The summed E-state index contributed by atoms with van der Waals surface area (Å²) in [6.07, 6.45) is 3.52. The lowest BCUT2D eigenvalue weighted by molar-refractivity contribution is -0.120. The zero-order valence-corrected chi connectivity index (χ0v) is 19.1. The van der Waals surface area contributed by atoms with Crippen LogP contribution in [0.3, 0.4) is 0 Å². The molecule has 4 aromatic rings. The first-order valence-corrected chi connectivity index (χ1v) is 11.9. The Labute approximate surface area is 199 Å². The van der Waals surface area contributed by atoms with E-state index in [0.717, 1.165) is 36.4 Å². The first-order chi connectivity index (χ1) is 16.1. The van der Waals surface area contributed by atoms with Crippen LogP contribution in [0.15, 0.2) is 58.6 Å². The Morgan fingerprint density at radius 1 is 1.21 bits per heavy atom. The van der Waals surface area contributed by atoms with Gasteiger partial charge >= 0.3 is 0 Å². The number of piperidine rings is 1. The standard InChI is InChI=1S/C23H22ClN5O3S/c24-15-5-6-18(26-13-15)27-22(31)20-19(16-3-1-2-4-17(16)32-20)28-21(30)14-7-10-29(11-8-14)23-25-9-12-33-23/h1-6,9,12-14,22,31H,7-8,10-11H2,(H,26,27)(H,28,30). The van der Waals surface area contributed by atoms with Gasteiger partial charge in [0.15, 0.2) is 17.1 Å². The monoisotopic (exact) mass is 483 g/mol. The third-order valence-corrected chi connectivity index (χ3v) is 6.74. The van der Waals surface area contributed by atoms with Crippen molar-refractivity contribution < 1.29 is 14.3 Å². The van der Waals surface area contributed by atoms with Crippen LogP contribution in [0.1, 0.15) is 24.8 Å². The largest absolute Gasteiger partial charge is 0.454 e. The van der Waals surface area contributed by atoms with Gasteiger partial charge in [0, 0.05) is 42.2 Å². The van der Waals surface area contributed by atoms with Gasteiger partial charge in [-0.25, -0.2) is 9.97 Å². The maximum Gasteiger partial charge on any atom is 0.227 e. The molecule has 0 saturated carbocycles. The zero-order chi connectivity index (χ0) is 22.8. The Balaban J connectivity index is 1.34. The molecule has 1 saturated heterocycles. The number of carbonyl (C=O) groups is 1. The van der Waals surface area contributed by atoms with Gasteiger partial charge in [-0.2, -0.15) is 0 Å². The van der Waals surface area contributed by atoms with E-state index in [1.807, 2.05) is 23.6 Å². The van der Waals surface area contributed by atoms with E-state index < -0.39 is 6.23 Å². The summed E-state index contributed by atoms with van der Waals surface area (Å²) in [4.78, 5) is 23.9. The van der Waals surface area contributed by atoms with Gasteiger partial charge in [0.25, 0.3) is 0 Å². The Morgan fingerprint density at radius 2 is 2.03 bits per heavy atom. The van der Waals surface area contributed by atoms with E-state index in [-0.39, 0.29) is 17.6 Å². The SMILES string of the molecule is O=C(Nc1c(C(O)Nc2ccc(Cl)cn2)oc2ccccc12)C1CCN(c2nccs2)CC1. The highest BCUT2D eigenvalue weighted by molar-refractivity contribution is 7.13. The number of benzene rings is 1. The van der Waals surface area contributed by atoms with Crippen LogP contribution in [0.25, 0.3) is 11.0 Å². The molecule has 170 valence electrons. The van der Waals surface area contributed by atoms with Crippen molar-refractivity contribution in [2.75, 3.05) is 28.6 Å². The molecular formula is C23H22ClN5O3S. The van der Waals surface area contributed by atoms with Crippen LogP contribution in [-0.4, -0.2) is 34.1 Å². The van der Waals surface area contributed by atoms with Crippen LogP contribution in [0.2, 0.25) is 5.02 Å². The molecule has 5 rings (SSSR count). The van der Waals surface area contributed by atoms with E-state index in [0.29, 0.717) is 22.1 Å². The predicted molar refractivity (Wildman–Crippen MR) is 130 cm³/mol. The molecule has 1 unspecified atom stereocenters. The summed E-state index contributed by atoms with van der Waals surface area (Å²) < 4.78 is 5.91. The summed E-state index contributed by atoms with van der Waals surface area (Å²) in [6, 6.07) is 10.7. The molecule has 3 N–H and O–H groups in total. The Bertz CT molecular complexity index is 1240. The Hall–Kier alpha value is -3.14. The Morgan fingerprint density at radius 3 is 2.76 bits per heavy atom. The number of carbonyl (C=O) groups excluding carboxylic acids is 1.